The number of carbonyl (C=O) groups excluding carboxylic acids is 2. The molecule has 2 aromatic carbocycles. The minimum Gasteiger partial charge on any atom is -0.325 e. The van der Waals surface area contributed by atoms with Crippen LogP contribution in [-0.2, 0) is 9.59 Å². The number of rotatable bonds is 6. The van der Waals surface area contributed by atoms with Gasteiger partial charge in [-0.15, -0.1) is 11.8 Å². The maximum atomic E-state index is 12.8. The maximum Gasteiger partial charge on any atom is 0.237 e. The molecule has 0 heterocycles. The van der Waals surface area contributed by atoms with Gasteiger partial charge in [-0.25, -0.2) is 4.39 Å². The van der Waals surface area contributed by atoms with Gasteiger partial charge in [-0.3, -0.25) is 9.59 Å². The summed E-state index contributed by atoms with van der Waals surface area (Å²) in [6.07, 6.45) is 0. The normalized spacial score (nSPS) is 11.6. The molecule has 2 rings (SSSR count). The molecule has 0 saturated carbocycles. The van der Waals surface area contributed by atoms with Crippen LogP contribution in [0.1, 0.15) is 6.92 Å². The average Bonchev–Trinajstić information content (AvgIpc) is 2.54. The molecule has 7 heteroatoms. The van der Waals surface area contributed by atoms with Crippen LogP contribution < -0.4 is 10.6 Å². The molecule has 0 saturated heterocycles. The summed E-state index contributed by atoms with van der Waals surface area (Å²) in [5, 5.41) is 5.51. The second-order valence-corrected chi connectivity index (χ2v) is 6.77. The minimum absolute atomic E-state index is 0.113. The Kier molecular flexibility index (Phi) is 6.63. The van der Waals surface area contributed by atoms with Crippen LogP contribution >= 0.6 is 23.4 Å². The number of benzene rings is 2. The largest absolute Gasteiger partial charge is 0.325 e. The molecule has 0 fully saturated rings. The van der Waals surface area contributed by atoms with Gasteiger partial charge in [0.15, 0.2) is 0 Å². The zero-order valence-electron chi connectivity index (χ0n) is 12.9. The van der Waals surface area contributed by atoms with Crippen LogP contribution in [0.25, 0.3) is 0 Å². The summed E-state index contributed by atoms with van der Waals surface area (Å²) in [5.74, 6) is -0.721. The van der Waals surface area contributed by atoms with Gasteiger partial charge in [-0.05, 0) is 49.4 Å². The van der Waals surface area contributed by atoms with E-state index in [1.165, 1.54) is 36.0 Å². The highest BCUT2D eigenvalue weighted by atomic mass is 35.5. The first-order valence-corrected chi connectivity index (χ1v) is 8.60. The highest BCUT2D eigenvalue weighted by molar-refractivity contribution is 8.01. The number of hydrogen-bond acceptors (Lipinski definition) is 3. The van der Waals surface area contributed by atoms with E-state index in [4.69, 9.17) is 11.6 Å². The summed E-state index contributed by atoms with van der Waals surface area (Å²) in [6, 6.07) is 12.3. The van der Waals surface area contributed by atoms with E-state index in [2.05, 4.69) is 10.6 Å². The van der Waals surface area contributed by atoms with Gasteiger partial charge in [0.2, 0.25) is 11.8 Å². The Labute approximate surface area is 148 Å². The third kappa shape index (κ3) is 5.86. The summed E-state index contributed by atoms with van der Waals surface area (Å²) in [7, 11) is 0. The average molecular weight is 367 g/mol. The highest BCUT2D eigenvalue weighted by Gasteiger charge is 2.15. The van der Waals surface area contributed by atoms with Crippen LogP contribution in [0.4, 0.5) is 15.8 Å². The van der Waals surface area contributed by atoms with E-state index in [0.29, 0.717) is 16.4 Å². The van der Waals surface area contributed by atoms with Crippen LogP contribution in [0.2, 0.25) is 5.02 Å². The molecule has 2 amide bonds. The van der Waals surface area contributed by atoms with Crippen molar-refractivity contribution >= 4 is 46.6 Å². The molecule has 2 aromatic rings. The Morgan fingerprint density at radius 3 is 2.50 bits per heavy atom. The molecule has 24 heavy (non-hydrogen) atoms. The van der Waals surface area contributed by atoms with Gasteiger partial charge in [-0.1, -0.05) is 17.7 Å². The topological polar surface area (TPSA) is 58.2 Å². The zero-order chi connectivity index (χ0) is 17.5. The number of hydrogen-bond donors (Lipinski definition) is 2. The number of anilines is 2. The van der Waals surface area contributed by atoms with Crippen molar-refractivity contribution in [3.8, 4) is 0 Å². The molecule has 0 aliphatic rings. The van der Waals surface area contributed by atoms with Crippen LogP contribution in [0, 0.1) is 5.82 Å². The van der Waals surface area contributed by atoms with Gasteiger partial charge >= 0.3 is 0 Å². The molecular formula is C17H16ClFN2O2S. The lowest BCUT2D eigenvalue weighted by Gasteiger charge is -2.12. The maximum absolute atomic E-state index is 12.8. The van der Waals surface area contributed by atoms with E-state index < -0.39 is 5.25 Å². The van der Waals surface area contributed by atoms with Gasteiger partial charge in [0.25, 0.3) is 0 Å². The van der Waals surface area contributed by atoms with Crippen molar-refractivity contribution < 1.29 is 14.0 Å². The van der Waals surface area contributed by atoms with E-state index >= 15 is 0 Å². The van der Waals surface area contributed by atoms with E-state index in [1.807, 2.05) is 0 Å². The van der Waals surface area contributed by atoms with Gasteiger partial charge in [-0.2, -0.15) is 0 Å². The lowest BCUT2D eigenvalue weighted by Crippen LogP contribution is -2.25. The Morgan fingerprint density at radius 1 is 1.12 bits per heavy atom. The van der Waals surface area contributed by atoms with E-state index in [1.54, 1.807) is 31.2 Å². The zero-order valence-corrected chi connectivity index (χ0v) is 14.5. The third-order valence-electron chi connectivity index (χ3n) is 3.05. The molecule has 2 N–H and O–H groups in total. The van der Waals surface area contributed by atoms with Crippen molar-refractivity contribution in [1.29, 1.82) is 0 Å². The number of nitrogens with one attached hydrogen (secondary N) is 2. The fourth-order valence-electron chi connectivity index (χ4n) is 1.82. The number of carbonyl (C=O) groups is 2. The summed E-state index contributed by atoms with van der Waals surface area (Å²) in [5.41, 5.74) is 1.12. The van der Waals surface area contributed by atoms with Crippen LogP contribution in [-0.4, -0.2) is 22.8 Å². The molecule has 1 atom stereocenters. The second-order valence-electron chi connectivity index (χ2n) is 5.01. The van der Waals surface area contributed by atoms with Crippen molar-refractivity contribution in [3.63, 3.8) is 0 Å². The molecule has 126 valence electrons. The SMILES string of the molecule is CC(SCC(=O)Nc1ccc(F)cc1)C(=O)Nc1cccc(Cl)c1. The lowest BCUT2D eigenvalue weighted by atomic mass is 10.3. The molecule has 0 aliphatic carbocycles. The quantitative estimate of drug-likeness (QED) is 0.806. The lowest BCUT2D eigenvalue weighted by molar-refractivity contribution is -0.115. The monoisotopic (exact) mass is 366 g/mol. The number of halogens is 2. The number of amides is 2. The fourth-order valence-corrected chi connectivity index (χ4v) is 2.69. The first-order chi connectivity index (χ1) is 11.4. The minimum atomic E-state index is -0.414. The van der Waals surface area contributed by atoms with E-state index in [-0.39, 0.29) is 23.4 Å². The van der Waals surface area contributed by atoms with Crippen molar-refractivity contribution in [2.45, 2.75) is 12.2 Å². The molecule has 1 unspecified atom stereocenters. The fraction of sp³-hybridized carbons (Fsp3) is 0.176. The predicted molar refractivity (Wildman–Crippen MR) is 97.0 cm³/mol. The molecule has 0 aromatic heterocycles. The standard InChI is InChI=1S/C17H16ClFN2O2S/c1-11(17(23)21-15-4-2-3-12(18)9-15)24-10-16(22)20-14-7-5-13(19)6-8-14/h2-9,11H,10H2,1H3,(H,20,22)(H,21,23). The Balaban J connectivity index is 1.79. The Morgan fingerprint density at radius 2 is 1.83 bits per heavy atom. The van der Waals surface area contributed by atoms with Gasteiger partial charge in [0, 0.05) is 16.4 Å². The predicted octanol–water partition coefficient (Wildman–Crippen LogP) is 4.18. The summed E-state index contributed by atoms with van der Waals surface area (Å²) in [4.78, 5) is 23.9. The smallest absolute Gasteiger partial charge is 0.237 e. The second kappa shape index (κ2) is 8.70. The van der Waals surface area contributed by atoms with Crippen LogP contribution in [0.5, 0.6) is 0 Å². The summed E-state index contributed by atoms with van der Waals surface area (Å²) in [6.45, 7) is 1.72. The summed E-state index contributed by atoms with van der Waals surface area (Å²) >= 11 is 7.07. The van der Waals surface area contributed by atoms with Crippen LogP contribution in [0.3, 0.4) is 0 Å². The van der Waals surface area contributed by atoms with Crippen molar-refractivity contribution in [2.24, 2.45) is 0 Å². The molecular weight excluding hydrogens is 351 g/mol. The van der Waals surface area contributed by atoms with E-state index in [9.17, 15) is 14.0 Å². The first kappa shape index (κ1) is 18.3. The molecule has 0 spiro atoms. The van der Waals surface area contributed by atoms with Gasteiger partial charge < -0.3 is 10.6 Å². The van der Waals surface area contributed by atoms with Gasteiger partial charge in [0.05, 0.1) is 11.0 Å². The third-order valence-corrected chi connectivity index (χ3v) is 4.43. The molecule has 0 aliphatic heterocycles. The molecule has 0 radical (unpaired) electrons. The van der Waals surface area contributed by atoms with Crippen LogP contribution in [0.15, 0.2) is 48.5 Å². The van der Waals surface area contributed by atoms with Crippen molar-refractivity contribution in [1.82, 2.24) is 0 Å². The van der Waals surface area contributed by atoms with Crippen molar-refractivity contribution in [2.75, 3.05) is 16.4 Å². The van der Waals surface area contributed by atoms with Crippen molar-refractivity contribution in [3.05, 3.63) is 59.4 Å². The summed E-state index contributed by atoms with van der Waals surface area (Å²) < 4.78 is 12.8. The molecule has 4 nitrogen and oxygen atoms in total. The van der Waals surface area contributed by atoms with Gasteiger partial charge in [0.1, 0.15) is 5.82 Å². The first-order valence-electron chi connectivity index (χ1n) is 7.17. The highest BCUT2D eigenvalue weighted by Crippen LogP contribution is 2.18. The molecule has 0 bridgehead atoms. The van der Waals surface area contributed by atoms with E-state index in [0.717, 1.165) is 0 Å². The Bertz CT molecular complexity index is 725. The number of thioether (sulfide) groups is 1. The Hall–Kier alpha value is -2.05.